The van der Waals surface area contributed by atoms with Gasteiger partial charge in [-0.15, -0.1) is 0 Å². The number of amides is 2. The van der Waals surface area contributed by atoms with E-state index in [2.05, 4.69) is 5.32 Å². The van der Waals surface area contributed by atoms with Gasteiger partial charge in [-0.1, -0.05) is 35.7 Å². The molecule has 0 aromatic heterocycles. The summed E-state index contributed by atoms with van der Waals surface area (Å²) in [5, 5.41) is 3.79. The maximum Gasteiger partial charge on any atom is 0.328 e. The number of aryl methyl sites for hydroxylation is 1. The van der Waals surface area contributed by atoms with Gasteiger partial charge in [0.1, 0.15) is 12.1 Å². The Bertz CT molecular complexity index is 834. The molecule has 1 aliphatic carbocycles. The minimum absolute atomic E-state index is 0.0101. The monoisotopic (exact) mass is 496 g/mol. The predicted octanol–water partition coefficient (Wildman–Crippen LogP) is 4.94. The number of carbonyl (C=O) groups is 3. The van der Waals surface area contributed by atoms with Crippen molar-refractivity contribution in [2.45, 2.75) is 83.3 Å². The number of hydrogen-bond acceptors (Lipinski definition) is 4. The highest BCUT2D eigenvalue weighted by atomic mass is 35.5. The molecule has 1 aromatic rings. The van der Waals surface area contributed by atoms with Crippen LogP contribution < -0.4 is 5.32 Å². The third-order valence-electron chi connectivity index (χ3n) is 6.62. The first kappa shape index (κ1) is 25.8. The number of hydrogen-bond donors (Lipinski definition) is 1. The molecule has 0 radical (unpaired) electrons. The number of likely N-dealkylation sites (tertiary alicyclic amines) is 1. The van der Waals surface area contributed by atoms with E-state index in [1.807, 2.05) is 11.0 Å². The smallest absolute Gasteiger partial charge is 0.328 e. The van der Waals surface area contributed by atoms with E-state index in [4.69, 9.17) is 27.9 Å². The van der Waals surface area contributed by atoms with Gasteiger partial charge < -0.3 is 15.0 Å². The molecule has 6 nitrogen and oxygen atoms in total. The second-order valence-corrected chi connectivity index (χ2v) is 10.1. The van der Waals surface area contributed by atoms with Crippen LogP contribution in [0.2, 0.25) is 10.0 Å². The van der Waals surface area contributed by atoms with E-state index in [-0.39, 0.29) is 29.8 Å². The molecule has 182 valence electrons. The summed E-state index contributed by atoms with van der Waals surface area (Å²) in [6.45, 7) is 2.98. The number of rotatable bonds is 8. The quantitative estimate of drug-likeness (QED) is 0.517. The average molecular weight is 497 g/mol. The molecule has 1 heterocycles. The SMILES string of the molecule is CC(NC(=O)CC1CCN(C(=O)CCc2ccc(Cl)c(Cl)c2)CC1)C(=O)OC1CCCCC1. The Morgan fingerprint density at radius 2 is 1.76 bits per heavy atom. The van der Waals surface area contributed by atoms with Crippen LogP contribution in [0.3, 0.4) is 0 Å². The summed E-state index contributed by atoms with van der Waals surface area (Å²) in [5.41, 5.74) is 0.987. The van der Waals surface area contributed by atoms with Gasteiger partial charge in [-0.3, -0.25) is 9.59 Å². The highest BCUT2D eigenvalue weighted by Crippen LogP contribution is 2.25. The molecule has 1 saturated carbocycles. The van der Waals surface area contributed by atoms with Crippen LogP contribution in [-0.2, 0) is 25.5 Å². The van der Waals surface area contributed by atoms with Gasteiger partial charge >= 0.3 is 5.97 Å². The minimum Gasteiger partial charge on any atom is -0.461 e. The number of nitrogens with one attached hydrogen (secondary N) is 1. The number of halogens is 2. The minimum atomic E-state index is -0.637. The fraction of sp³-hybridized carbons (Fsp3) is 0.640. The van der Waals surface area contributed by atoms with Gasteiger partial charge in [0.05, 0.1) is 10.0 Å². The Labute approximate surface area is 206 Å². The lowest BCUT2D eigenvalue weighted by Gasteiger charge is -2.32. The molecule has 2 aliphatic rings. The van der Waals surface area contributed by atoms with Crippen molar-refractivity contribution in [3.8, 4) is 0 Å². The van der Waals surface area contributed by atoms with Crippen LogP contribution in [0.1, 0.15) is 70.3 Å². The molecular weight excluding hydrogens is 463 g/mol. The molecule has 1 saturated heterocycles. The van der Waals surface area contributed by atoms with Crippen LogP contribution in [0.4, 0.5) is 0 Å². The predicted molar refractivity (Wildman–Crippen MR) is 129 cm³/mol. The fourth-order valence-electron chi connectivity index (χ4n) is 4.56. The lowest BCUT2D eigenvalue weighted by Crippen LogP contribution is -2.43. The highest BCUT2D eigenvalue weighted by Gasteiger charge is 2.27. The van der Waals surface area contributed by atoms with E-state index >= 15 is 0 Å². The first-order chi connectivity index (χ1) is 15.8. The van der Waals surface area contributed by atoms with Crippen molar-refractivity contribution in [1.29, 1.82) is 0 Å². The van der Waals surface area contributed by atoms with Gasteiger partial charge in [-0.05, 0) is 75.5 Å². The van der Waals surface area contributed by atoms with E-state index in [1.165, 1.54) is 6.42 Å². The maximum atomic E-state index is 12.6. The van der Waals surface area contributed by atoms with Gasteiger partial charge in [-0.25, -0.2) is 4.79 Å². The molecule has 1 atom stereocenters. The zero-order valence-electron chi connectivity index (χ0n) is 19.3. The van der Waals surface area contributed by atoms with E-state index in [1.54, 1.807) is 19.1 Å². The average Bonchev–Trinajstić information content (AvgIpc) is 2.80. The molecule has 33 heavy (non-hydrogen) atoms. The summed E-state index contributed by atoms with van der Waals surface area (Å²) in [6.07, 6.45) is 8.17. The number of carbonyl (C=O) groups excluding carboxylic acids is 3. The molecule has 1 aliphatic heterocycles. The van der Waals surface area contributed by atoms with Crippen LogP contribution in [0.15, 0.2) is 18.2 Å². The Morgan fingerprint density at radius 3 is 2.42 bits per heavy atom. The summed E-state index contributed by atoms with van der Waals surface area (Å²) in [7, 11) is 0. The van der Waals surface area contributed by atoms with Gasteiger partial charge in [-0.2, -0.15) is 0 Å². The Kier molecular flexibility index (Phi) is 9.87. The summed E-state index contributed by atoms with van der Waals surface area (Å²) < 4.78 is 5.54. The number of benzene rings is 1. The second kappa shape index (κ2) is 12.6. The third kappa shape index (κ3) is 8.18. The Morgan fingerprint density at radius 1 is 1.06 bits per heavy atom. The van der Waals surface area contributed by atoms with E-state index in [0.717, 1.165) is 44.1 Å². The second-order valence-electron chi connectivity index (χ2n) is 9.26. The molecule has 2 fully saturated rings. The van der Waals surface area contributed by atoms with Crippen LogP contribution in [0.5, 0.6) is 0 Å². The molecule has 2 amide bonds. The number of ether oxygens (including phenoxy) is 1. The first-order valence-electron chi connectivity index (χ1n) is 12.0. The van der Waals surface area contributed by atoms with Crippen LogP contribution in [0, 0.1) is 5.92 Å². The van der Waals surface area contributed by atoms with Crippen molar-refractivity contribution in [3.63, 3.8) is 0 Å². The molecule has 0 spiro atoms. The topological polar surface area (TPSA) is 75.7 Å². The van der Waals surface area contributed by atoms with Crippen molar-refractivity contribution in [1.82, 2.24) is 10.2 Å². The Hall–Kier alpha value is -1.79. The van der Waals surface area contributed by atoms with Crippen molar-refractivity contribution < 1.29 is 19.1 Å². The highest BCUT2D eigenvalue weighted by molar-refractivity contribution is 6.42. The lowest BCUT2D eigenvalue weighted by molar-refractivity contribution is -0.154. The number of esters is 1. The zero-order valence-corrected chi connectivity index (χ0v) is 20.8. The molecule has 1 aromatic carbocycles. The Balaban J connectivity index is 1.34. The normalized spacial score (nSPS) is 18.6. The molecular formula is C25H34Cl2N2O4. The van der Waals surface area contributed by atoms with Gasteiger partial charge in [0.2, 0.25) is 11.8 Å². The molecule has 3 rings (SSSR count). The van der Waals surface area contributed by atoms with Crippen LogP contribution in [0.25, 0.3) is 0 Å². The zero-order chi connectivity index (χ0) is 23.8. The molecule has 8 heteroatoms. The van der Waals surface area contributed by atoms with E-state index in [9.17, 15) is 14.4 Å². The van der Waals surface area contributed by atoms with E-state index in [0.29, 0.717) is 42.4 Å². The fourth-order valence-corrected chi connectivity index (χ4v) is 4.88. The van der Waals surface area contributed by atoms with Gasteiger partial charge in [0.25, 0.3) is 0 Å². The molecule has 1 N–H and O–H groups in total. The molecule has 1 unspecified atom stereocenters. The van der Waals surface area contributed by atoms with Gasteiger partial charge in [0.15, 0.2) is 0 Å². The summed E-state index contributed by atoms with van der Waals surface area (Å²) in [4.78, 5) is 39.1. The molecule has 0 bridgehead atoms. The van der Waals surface area contributed by atoms with Crippen LogP contribution in [-0.4, -0.2) is 47.9 Å². The van der Waals surface area contributed by atoms with Crippen molar-refractivity contribution in [2.24, 2.45) is 5.92 Å². The van der Waals surface area contributed by atoms with Gasteiger partial charge in [0, 0.05) is 25.9 Å². The standard InChI is InChI=1S/C25H34Cl2N2O4/c1-17(25(32)33-20-5-3-2-4-6-20)28-23(30)16-19-11-13-29(14-12-19)24(31)10-8-18-7-9-21(26)22(27)15-18/h7,9,15,17,19-20H,2-6,8,10-14,16H2,1H3,(H,28,30). The third-order valence-corrected chi connectivity index (χ3v) is 7.36. The van der Waals surface area contributed by atoms with Crippen LogP contribution >= 0.6 is 23.2 Å². The largest absolute Gasteiger partial charge is 0.461 e. The summed E-state index contributed by atoms with van der Waals surface area (Å²) in [6, 6.07) is 4.80. The van der Waals surface area contributed by atoms with Crippen molar-refractivity contribution >= 4 is 41.0 Å². The summed E-state index contributed by atoms with van der Waals surface area (Å²) >= 11 is 12.0. The maximum absolute atomic E-state index is 12.6. The summed E-state index contributed by atoms with van der Waals surface area (Å²) in [5.74, 6) is -0.154. The number of piperidine rings is 1. The van der Waals surface area contributed by atoms with Crippen molar-refractivity contribution in [3.05, 3.63) is 33.8 Å². The number of nitrogens with zero attached hydrogens (tertiary/aromatic N) is 1. The van der Waals surface area contributed by atoms with Crippen molar-refractivity contribution in [2.75, 3.05) is 13.1 Å². The lowest BCUT2D eigenvalue weighted by atomic mass is 9.92. The first-order valence-corrected chi connectivity index (χ1v) is 12.8. The van der Waals surface area contributed by atoms with E-state index < -0.39 is 6.04 Å².